The summed E-state index contributed by atoms with van der Waals surface area (Å²) in [5.74, 6) is 0.594. The average Bonchev–Trinajstić information content (AvgIpc) is 3.08. The molecule has 22 heavy (non-hydrogen) atoms. The lowest BCUT2D eigenvalue weighted by molar-refractivity contribution is 0.183. The van der Waals surface area contributed by atoms with Gasteiger partial charge < -0.3 is 10.1 Å². The van der Waals surface area contributed by atoms with Crippen LogP contribution < -0.4 is 5.32 Å². The van der Waals surface area contributed by atoms with Gasteiger partial charge in [-0.1, -0.05) is 36.4 Å². The quantitative estimate of drug-likeness (QED) is 0.901. The van der Waals surface area contributed by atoms with Crippen LogP contribution in [0.15, 0.2) is 54.6 Å². The highest BCUT2D eigenvalue weighted by Gasteiger charge is 2.22. The summed E-state index contributed by atoms with van der Waals surface area (Å²) in [6.45, 7) is 1.72. The maximum Gasteiger partial charge on any atom is 0.0992 e. The molecule has 1 fully saturated rings. The number of nitrogens with zero attached hydrogens (tertiary/aromatic N) is 1. The van der Waals surface area contributed by atoms with Crippen molar-refractivity contribution in [1.82, 2.24) is 0 Å². The van der Waals surface area contributed by atoms with Crippen molar-refractivity contribution in [1.29, 1.82) is 5.26 Å². The zero-order chi connectivity index (χ0) is 15.2. The average molecular weight is 292 g/mol. The van der Waals surface area contributed by atoms with Crippen LogP contribution >= 0.6 is 0 Å². The Bertz CT molecular complexity index is 642. The highest BCUT2D eigenvalue weighted by molar-refractivity contribution is 5.50. The SMILES string of the molecule is N#Cc1cccc(NC(CC2CCOC2)c2ccccc2)c1. The van der Waals surface area contributed by atoms with E-state index in [0.29, 0.717) is 11.5 Å². The highest BCUT2D eigenvalue weighted by Crippen LogP contribution is 2.29. The third-order valence-corrected chi connectivity index (χ3v) is 4.13. The van der Waals surface area contributed by atoms with E-state index in [9.17, 15) is 0 Å². The predicted octanol–water partition coefficient (Wildman–Crippen LogP) is 4.14. The number of rotatable bonds is 5. The molecule has 112 valence electrons. The van der Waals surface area contributed by atoms with Crippen LogP contribution in [-0.2, 0) is 4.74 Å². The molecular weight excluding hydrogens is 272 g/mol. The second kappa shape index (κ2) is 7.11. The van der Waals surface area contributed by atoms with Crippen molar-refractivity contribution < 1.29 is 4.74 Å². The minimum Gasteiger partial charge on any atom is -0.381 e. The minimum absolute atomic E-state index is 0.238. The third kappa shape index (κ3) is 3.66. The van der Waals surface area contributed by atoms with Gasteiger partial charge in [-0.2, -0.15) is 5.26 Å². The lowest BCUT2D eigenvalue weighted by atomic mass is 9.94. The predicted molar refractivity (Wildman–Crippen MR) is 87.5 cm³/mol. The molecule has 1 N–H and O–H groups in total. The smallest absolute Gasteiger partial charge is 0.0992 e. The maximum atomic E-state index is 9.05. The van der Waals surface area contributed by atoms with Gasteiger partial charge in [-0.25, -0.2) is 0 Å². The van der Waals surface area contributed by atoms with E-state index in [1.54, 1.807) is 0 Å². The summed E-state index contributed by atoms with van der Waals surface area (Å²) in [4.78, 5) is 0. The zero-order valence-electron chi connectivity index (χ0n) is 12.5. The van der Waals surface area contributed by atoms with E-state index in [1.807, 2.05) is 30.3 Å². The van der Waals surface area contributed by atoms with Crippen molar-refractivity contribution in [2.24, 2.45) is 5.92 Å². The van der Waals surface area contributed by atoms with Crippen molar-refractivity contribution in [3.05, 3.63) is 65.7 Å². The monoisotopic (exact) mass is 292 g/mol. The fourth-order valence-electron chi connectivity index (χ4n) is 2.95. The Labute approximate surface area is 131 Å². The van der Waals surface area contributed by atoms with Crippen LogP contribution in [-0.4, -0.2) is 13.2 Å². The first-order valence-corrected chi connectivity index (χ1v) is 7.74. The van der Waals surface area contributed by atoms with Crippen LogP contribution in [0.25, 0.3) is 0 Å². The molecule has 0 bridgehead atoms. The van der Waals surface area contributed by atoms with Crippen LogP contribution in [0.5, 0.6) is 0 Å². The van der Waals surface area contributed by atoms with Crippen molar-refractivity contribution in [2.45, 2.75) is 18.9 Å². The Hall–Kier alpha value is -2.31. The van der Waals surface area contributed by atoms with Gasteiger partial charge >= 0.3 is 0 Å². The summed E-state index contributed by atoms with van der Waals surface area (Å²) < 4.78 is 5.51. The normalized spacial score (nSPS) is 18.6. The Kier molecular flexibility index (Phi) is 4.72. The molecule has 3 heteroatoms. The molecule has 0 aromatic heterocycles. The molecule has 0 amide bonds. The van der Waals surface area contributed by atoms with E-state index >= 15 is 0 Å². The lowest BCUT2D eigenvalue weighted by Gasteiger charge is -2.23. The molecule has 1 aliphatic heterocycles. The number of nitrogens with one attached hydrogen (secondary N) is 1. The zero-order valence-corrected chi connectivity index (χ0v) is 12.5. The topological polar surface area (TPSA) is 45.0 Å². The largest absolute Gasteiger partial charge is 0.381 e. The van der Waals surface area contributed by atoms with Gasteiger partial charge in [-0.15, -0.1) is 0 Å². The molecule has 3 nitrogen and oxygen atoms in total. The Morgan fingerprint density at radius 3 is 2.77 bits per heavy atom. The summed E-state index contributed by atoms with van der Waals surface area (Å²) in [7, 11) is 0. The second-order valence-corrected chi connectivity index (χ2v) is 5.77. The van der Waals surface area contributed by atoms with Gasteiger partial charge in [0.05, 0.1) is 17.7 Å². The summed E-state index contributed by atoms with van der Waals surface area (Å²) in [5.41, 5.74) is 2.95. The first-order valence-electron chi connectivity index (χ1n) is 7.74. The minimum atomic E-state index is 0.238. The number of hydrogen-bond acceptors (Lipinski definition) is 3. The highest BCUT2D eigenvalue weighted by atomic mass is 16.5. The van der Waals surface area contributed by atoms with Crippen LogP contribution in [0.3, 0.4) is 0 Å². The molecule has 0 saturated carbocycles. The van der Waals surface area contributed by atoms with Crippen molar-refractivity contribution in [3.63, 3.8) is 0 Å². The van der Waals surface area contributed by atoms with Crippen molar-refractivity contribution in [2.75, 3.05) is 18.5 Å². The number of ether oxygens (including phenoxy) is 1. The Balaban J connectivity index is 1.79. The van der Waals surface area contributed by atoms with Crippen molar-refractivity contribution >= 4 is 5.69 Å². The molecule has 1 heterocycles. The van der Waals surface area contributed by atoms with Crippen molar-refractivity contribution in [3.8, 4) is 6.07 Å². The molecule has 0 spiro atoms. The molecule has 1 aliphatic rings. The van der Waals surface area contributed by atoms with E-state index < -0.39 is 0 Å². The summed E-state index contributed by atoms with van der Waals surface area (Å²) in [5, 5.41) is 12.6. The number of hydrogen-bond donors (Lipinski definition) is 1. The summed E-state index contributed by atoms with van der Waals surface area (Å²) >= 11 is 0. The van der Waals surface area contributed by atoms with Gasteiger partial charge in [0, 0.05) is 18.9 Å². The van der Waals surface area contributed by atoms with Crippen LogP contribution in [0, 0.1) is 17.2 Å². The van der Waals surface area contributed by atoms with Gasteiger partial charge in [0.1, 0.15) is 0 Å². The molecule has 2 atom stereocenters. The first kappa shape index (κ1) is 14.6. The second-order valence-electron chi connectivity index (χ2n) is 5.77. The standard InChI is InChI=1S/C19H20N2O/c20-13-15-5-4-8-18(11-15)21-19(12-16-9-10-22-14-16)17-6-2-1-3-7-17/h1-8,11,16,19,21H,9-10,12,14H2. The molecule has 0 aliphatic carbocycles. The van der Waals surface area contributed by atoms with Crippen LogP contribution in [0.1, 0.15) is 30.0 Å². The van der Waals surface area contributed by atoms with Gasteiger partial charge in [0.15, 0.2) is 0 Å². The fraction of sp³-hybridized carbons (Fsp3) is 0.316. The van der Waals surface area contributed by atoms with Crippen LogP contribution in [0.2, 0.25) is 0 Å². The van der Waals surface area contributed by atoms with E-state index in [2.05, 4.69) is 35.7 Å². The molecule has 0 radical (unpaired) electrons. The maximum absolute atomic E-state index is 9.05. The molecular formula is C19H20N2O. The lowest BCUT2D eigenvalue weighted by Crippen LogP contribution is -2.16. The Morgan fingerprint density at radius 2 is 2.05 bits per heavy atom. The van der Waals surface area contributed by atoms with E-state index in [4.69, 9.17) is 10.00 Å². The van der Waals surface area contributed by atoms with E-state index in [-0.39, 0.29) is 6.04 Å². The molecule has 3 rings (SSSR count). The van der Waals surface area contributed by atoms with E-state index in [0.717, 1.165) is 31.7 Å². The molecule has 1 saturated heterocycles. The fourth-order valence-corrected chi connectivity index (χ4v) is 2.95. The number of anilines is 1. The van der Waals surface area contributed by atoms with Gasteiger partial charge in [0.25, 0.3) is 0 Å². The van der Waals surface area contributed by atoms with Crippen LogP contribution in [0.4, 0.5) is 5.69 Å². The van der Waals surface area contributed by atoms with Gasteiger partial charge in [-0.05, 0) is 42.5 Å². The summed E-state index contributed by atoms with van der Waals surface area (Å²) in [6, 6.07) is 20.6. The van der Waals surface area contributed by atoms with E-state index in [1.165, 1.54) is 5.56 Å². The molecule has 2 aromatic carbocycles. The number of benzene rings is 2. The molecule has 2 aromatic rings. The van der Waals surface area contributed by atoms with Gasteiger partial charge in [0.2, 0.25) is 0 Å². The molecule has 2 unspecified atom stereocenters. The number of nitriles is 1. The third-order valence-electron chi connectivity index (χ3n) is 4.13. The van der Waals surface area contributed by atoms with Gasteiger partial charge in [-0.3, -0.25) is 0 Å². The Morgan fingerprint density at radius 1 is 1.18 bits per heavy atom. The summed E-state index contributed by atoms with van der Waals surface area (Å²) in [6.07, 6.45) is 2.17. The first-order chi connectivity index (χ1) is 10.8.